The van der Waals surface area contributed by atoms with Gasteiger partial charge in [-0.05, 0) is 40.1 Å². The zero-order chi connectivity index (χ0) is 13.0. The van der Waals surface area contributed by atoms with Crippen molar-refractivity contribution in [3.63, 3.8) is 0 Å². The Morgan fingerprint density at radius 1 is 1.28 bits per heavy atom. The van der Waals surface area contributed by atoms with Crippen LogP contribution < -0.4 is 4.74 Å². The predicted octanol–water partition coefficient (Wildman–Crippen LogP) is 2.88. The van der Waals surface area contributed by atoms with E-state index in [1.165, 1.54) is 6.20 Å². The van der Waals surface area contributed by atoms with E-state index < -0.39 is 4.92 Å². The molecular weight excluding hydrogens is 232 g/mol. The summed E-state index contributed by atoms with van der Waals surface area (Å²) in [5.74, 6) is -0.0724. The van der Waals surface area contributed by atoms with Crippen molar-refractivity contribution in [2.45, 2.75) is 13.5 Å². The van der Waals surface area contributed by atoms with Gasteiger partial charge in [0.05, 0.1) is 0 Å². The third-order valence-electron chi connectivity index (χ3n) is 2.57. The zero-order valence-corrected chi connectivity index (χ0v) is 9.87. The number of aryl methyl sites for hydroxylation is 1. The maximum atomic E-state index is 10.8. The molecule has 0 spiro atoms. The van der Waals surface area contributed by atoms with Crippen LogP contribution in [0.1, 0.15) is 11.1 Å². The molecule has 0 atom stereocenters. The first-order valence-corrected chi connectivity index (χ1v) is 5.45. The third-order valence-corrected chi connectivity index (χ3v) is 2.57. The van der Waals surface area contributed by atoms with Crippen LogP contribution in [0.25, 0.3) is 0 Å². The number of benzene rings is 1. The highest BCUT2D eigenvalue weighted by atomic mass is 16.6. The van der Waals surface area contributed by atoms with Gasteiger partial charge < -0.3 is 14.9 Å². The lowest BCUT2D eigenvalue weighted by molar-refractivity contribution is -0.390. The average molecular weight is 244 g/mol. The first kappa shape index (κ1) is 12.0. The molecule has 5 nitrogen and oxygen atoms in total. The minimum atomic E-state index is -0.548. The molecule has 18 heavy (non-hydrogen) atoms. The van der Waals surface area contributed by atoms with Crippen LogP contribution in [-0.4, -0.2) is 9.91 Å². The van der Waals surface area contributed by atoms with Crippen molar-refractivity contribution in [3.05, 3.63) is 63.8 Å². The maximum Gasteiger partial charge on any atom is 0.406 e. The van der Waals surface area contributed by atoms with Crippen LogP contribution in [-0.2, 0) is 6.61 Å². The van der Waals surface area contributed by atoms with E-state index in [1.807, 2.05) is 31.2 Å². The SMILES string of the molecule is Cc1ccccc1COc1cccnc1[N+](=O)[O-]. The van der Waals surface area contributed by atoms with Crippen LogP contribution in [0.4, 0.5) is 5.82 Å². The van der Waals surface area contributed by atoms with E-state index in [0.717, 1.165) is 11.1 Å². The van der Waals surface area contributed by atoms with E-state index in [4.69, 9.17) is 4.74 Å². The lowest BCUT2D eigenvalue weighted by Gasteiger charge is -2.08. The van der Waals surface area contributed by atoms with Crippen LogP contribution in [0.5, 0.6) is 5.75 Å². The predicted molar refractivity (Wildman–Crippen MR) is 66.4 cm³/mol. The van der Waals surface area contributed by atoms with E-state index in [1.54, 1.807) is 12.1 Å². The quantitative estimate of drug-likeness (QED) is 0.612. The summed E-state index contributed by atoms with van der Waals surface area (Å²) >= 11 is 0. The Balaban J connectivity index is 2.16. The Bertz CT molecular complexity index is 570. The molecule has 5 heteroatoms. The van der Waals surface area contributed by atoms with Gasteiger partial charge in [0.1, 0.15) is 12.8 Å². The third kappa shape index (κ3) is 2.63. The number of rotatable bonds is 4. The van der Waals surface area contributed by atoms with Gasteiger partial charge in [0, 0.05) is 0 Å². The number of hydrogen-bond acceptors (Lipinski definition) is 4. The molecule has 2 rings (SSSR count). The van der Waals surface area contributed by atoms with Crippen LogP contribution in [0, 0.1) is 17.0 Å². The molecule has 1 heterocycles. The van der Waals surface area contributed by atoms with Crippen molar-refractivity contribution < 1.29 is 9.66 Å². The molecule has 1 aromatic heterocycles. The number of ether oxygens (including phenoxy) is 1. The molecule has 0 aliphatic carbocycles. The van der Waals surface area contributed by atoms with E-state index in [9.17, 15) is 10.1 Å². The number of nitrogens with zero attached hydrogens (tertiary/aromatic N) is 2. The second kappa shape index (κ2) is 5.27. The van der Waals surface area contributed by atoms with Crippen LogP contribution in [0.15, 0.2) is 42.6 Å². The summed E-state index contributed by atoms with van der Waals surface area (Å²) < 4.78 is 5.46. The van der Waals surface area contributed by atoms with Gasteiger partial charge in [0.25, 0.3) is 0 Å². The van der Waals surface area contributed by atoms with Gasteiger partial charge in [0.15, 0.2) is 0 Å². The van der Waals surface area contributed by atoms with Crippen molar-refractivity contribution in [2.75, 3.05) is 0 Å². The first-order chi connectivity index (χ1) is 8.68. The normalized spacial score (nSPS) is 10.1. The Hall–Kier alpha value is -2.43. The molecule has 2 aromatic rings. The molecule has 0 fully saturated rings. The Kier molecular flexibility index (Phi) is 3.52. The fourth-order valence-corrected chi connectivity index (χ4v) is 1.56. The number of pyridine rings is 1. The van der Waals surface area contributed by atoms with Gasteiger partial charge in [-0.1, -0.05) is 24.3 Å². The number of aromatic nitrogens is 1. The largest absolute Gasteiger partial charge is 0.481 e. The summed E-state index contributed by atoms with van der Waals surface area (Å²) in [6, 6.07) is 10.9. The molecule has 0 aliphatic heterocycles. The molecule has 0 saturated heterocycles. The summed E-state index contributed by atoms with van der Waals surface area (Å²) in [7, 11) is 0. The van der Waals surface area contributed by atoms with E-state index in [-0.39, 0.29) is 11.6 Å². The van der Waals surface area contributed by atoms with Crippen LogP contribution >= 0.6 is 0 Å². The van der Waals surface area contributed by atoms with Crippen molar-refractivity contribution in [1.82, 2.24) is 4.98 Å². The van der Waals surface area contributed by atoms with Crippen LogP contribution in [0.3, 0.4) is 0 Å². The summed E-state index contributed by atoms with van der Waals surface area (Å²) in [5.41, 5.74) is 2.08. The van der Waals surface area contributed by atoms with Gasteiger partial charge in [-0.2, -0.15) is 0 Å². The van der Waals surface area contributed by atoms with Crippen LogP contribution in [0.2, 0.25) is 0 Å². The first-order valence-electron chi connectivity index (χ1n) is 5.45. The van der Waals surface area contributed by atoms with Gasteiger partial charge in [-0.25, -0.2) is 0 Å². The second-order valence-electron chi connectivity index (χ2n) is 3.80. The number of nitro groups is 1. The lowest BCUT2D eigenvalue weighted by atomic mass is 10.1. The summed E-state index contributed by atoms with van der Waals surface area (Å²) in [6.07, 6.45) is 1.37. The van der Waals surface area contributed by atoms with Crippen molar-refractivity contribution >= 4 is 5.82 Å². The van der Waals surface area contributed by atoms with Crippen molar-refractivity contribution in [3.8, 4) is 5.75 Å². The van der Waals surface area contributed by atoms with E-state index >= 15 is 0 Å². The minimum Gasteiger partial charge on any atom is -0.481 e. The molecule has 0 N–H and O–H groups in total. The van der Waals surface area contributed by atoms with E-state index in [0.29, 0.717) is 6.61 Å². The molecule has 92 valence electrons. The fraction of sp³-hybridized carbons (Fsp3) is 0.154. The van der Waals surface area contributed by atoms with E-state index in [2.05, 4.69) is 4.98 Å². The summed E-state index contributed by atoms with van der Waals surface area (Å²) in [5, 5.41) is 10.8. The molecular formula is C13H12N2O3. The monoisotopic (exact) mass is 244 g/mol. The molecule has 0 amide bonds. The highest BCUT2D eigenvalue weighted by molar-refractivity contribution is 5.38. The average Bonchev–Trinajstić information content (AvgIpc) is 2.38. The Labute approximate surface area is 104 Å². The molecule has 0 aliphatic rings. The van der Waals surface area contributed by atoms with Gasteiger partial charge in [-0.15, -0.1) is 0 Å². The summed E-state index contributed by atoms with van der Waals surface area (Å²) in [4.78, 5) is 13.9. The highest BCUT2D eigenvalue weighted by Crippen LogP contribution is 2.24. The lowest BCUT2D eigenvalue weighted by Crippen LogP contribution is -2.01. The standard InChI is InChI=1S/C13H12N2O3/c1-10-5-2-3-6-11(10)9-18-12-7-4-8-14-13(12)15(16)17/h2-8H,9H2,1H3. The molecule has 1 aromatic carbocycles. The maximum absolute atomic E-state index is 10.8. The molecule has 0 bridgehead atoms. The zero-order valence-electron chi connectivity index (χ0n) is 9.87. The number of hydrogen-bond donors (Lipinski definition) is 0. The van der Waals surface area contributed by atoms with Crippen molar-refractivity contribution in [2.24, 2.45) is 0 Å². The van der Waals surface area contributed by atoms with Gasteiger partial charge in [-0.3, -0.25) is 0 Å². The Morgan fingerprint density at radius 3 is 2.78 bits per heavy atom. The van der Waals surface area contributed by atoms with Gasteiger partial charge in [0.2, 0.25) is 5.75 Å². The molecule has 0 radical (unpaired) electrons. The second-order valence-corrected chi connectivity index (χ2v) is 3.80. The fourth-order valence-electron chi connectivity index (χ4n) is 1.56. The minimum absolute atomic E-state index is 0.186. The van der Waals surface area contributed by atoms with Gasteiger partial charge >= 0.3 is 5.82 Å². The highest BCUT2D eigenvalue weighted by Gasteiger charge is 2.15. The Morgan fingerprint density at radius 2 is 2.06 bits per heavy atom. The topological polar surface area (TPSA) is 65.3 Å². The molecule has 0 unspecified atom stereocenters. The molecule has 0 saturated carbocycles. The van der Waals surface area contributed by atoms with Crippen molar-refractivity contribution in [1.29, 1.82) is 0 Å². The smallest absolute Gasteiger partial charge is 0.406 e. The summed E-state index contributed by atoms with van der Waals surface area (Å²) in [6.45, 7) is 2.26.